The van der Waals surface area contributed by atoms with Gasteiger partial charge in [-0.1, -0.05) is 0 Å². The Morgan fingerprint density at radius 1 is 1.55 bits per heavy atom. The molecular weight excluding hydrogens is 258 g/mol. The standard InChI is InChI=1S/C14H19N3O3/c1-14(13(19)20)4-2-6-17(9-14)12(18)10-3-5-16-11(7-10)8-15/h3,5,7H,2,4,6,8-9,15H2,1H3,(H,19,20). The van der Waals surface area contributed by atoms with Gasteiger partial charge in [-0.15, -0.1) is 0 Å². The Kier molecular flexibility index (Phi) is 4.04. The van der Waals surface area contributed by atoms with Gasteiger partial charge in [-0.25, -0.2) is 0 Å². The van der Waals surface area contributed by atoms with E-state index in [9.17, 15) is 14.7 Å². The second-order valence-electron chi connectivity index (χ2n) is 5.44. The average Bonchev–Trinajstić information content (AvgIpc) is 2.46. The lowest BCUT2D eigenvalue weighted by Gasteiger charge is -2.37. The van der Waals surface area contributed by atoms with Crippen LogP contribution in [-0.4, -0.2) is 40.0 Å². The van der Waals surface area contributed by atoms with Gasteiger partial charge in [-0.3, -0.25) is 14.6 Å². The molecule has 0 aromatic carbocycles. The van der Waals surface area contributed by atoms with Gasteiger partial charge in [0, 0.05) is 31.4 Å². The van der Waals surface area contributed by atoms with E-state index >= 15 is 0 Å². The molecule has 1 aliphatic heterocycles. The van der Waals surface area contributed by atoms with Gasteiger partial charge in [0.2, 0.25) is 0 Å². The number of hydrogen-bond donors (Lipinski definition) is 2. The molecular formula is C14H19N3O3. The molecule has 2 heterocycles. The molecule has 1 unspecified atom stereocenters. The van der Waals surface area contributed by atoms with E-state index in [0.717, 1.165) is 0 Å². The molecule has 3 N–H and O–H groups in total. The Labute approximate surface area is 117 Å². The third-order valence-electron chi connectivity index (χ3n) is 3.77. The van der Waals surface area contributed by atoms with Crippen LogP contribution in [0.2, 0.25) is 0 Å². The van der Waals surface area contributed by atoms with Crippen LogP contribution in [0.15, 0.2) is 18.3 Å². The highest BCUT2D eigenvalue weighted by Crippen LogP contribution is 2.30. The van der Waals surface area contributed by atoms with Crippen LogP contribution in [0.3, 0.4) is 0 Å². The highest BCUT2D eigenvalue weighted by atomic mass is 16.4. The summed E-state index contributed by atoms with van der Waals surface area (Å²) in [5.74, 6) is -1.01. The first-order chi connectivity index (χ1) is 9.46. The number of nitrogens with two attached hydrogens (primary N) is 1. The number of carboxylic acid groups (broad SMARTS) is 1. The lowest BCUT2D eigenvalue weighted by molar-refractivity contribution is -0.150. The van der Waals surface area contributed by atoms with Crippen molar-refractivity contribution in [2.75, 3.05) is 13.1 Å². The van der Waals surface area contributed by atoms with E-state index in [1.807, 2.05) is 0 Å². The maximum atomic E-state index is 12.4. The first-order valence-electron chi connectivity index (χ1n) is 6.64. The van der Waals surface area contributed by atoms with Gasteiger partial charge < -0.3 is 15.7 Å². The fourth-order valence-electron chi connectivity index (χ4n) is 2.49. The van der Waals surface area contributed by atoms with Crippen molar-refractivity contribution in [3.05, 3.63) is 29.6 Å². The largest absolute Gasteiger partial charge is 0.481 e. The van der Waals surface area contributed by atoms with Gasteiger partial charge in [0.25, 0.3) is 5.91 Å². The minimum Gasteiger partial charge on any atom is -0.481 e. The van der Waals surface area contributed by atoms with Crippen LogP contribution in [0.25, 0.3) is 0 Å². The molecule has 6 nitrogen and oxygen atoms in total. The molecule has 0 radical (unpaired) electrons. The van der Waals surface area contributed by atoms with Crippen molar-refractivity contribution in [2.24, 2.45) is 11.1 Å². The number of rotatable bonds is 3. The number of carbonyl (C=O) groups excluding carboxylic acids is 1. The Hall–Kier alpha value is -1.95. The summed E-state index contributed by atoms with van der Waals surface area (Å²) < 4.78 is 0. The highest BCUT2D eigenvalue weighted by Gasteiger charge is 2.39. The first-order valence-corrected chi connectivity index (χ1v) is 6.64. The van der Waals surface area contributed by atoms with Gasteiger partial charge >= 0.3 is 5.97 Å². The van der Waals surface area contributed by atoms with Crippen LogP contribution < -0.4 is 5.73 Å². The fourth-order valence-corrected chi connectivity index (χ4v) is 2.49. The van der Waals surface area contributed by atoms with Gasteiger partial charge in [0.05, 0.1) is 11.1 Å². The van der Waals surface area contributed by atoms with Crippen molar-refractivity contribution in [1.29, 1.82) is 0 Å². The maximum Gasteiger partial charge on any atom is 0.311 e. The van der Waals surface area contributed by atoms with Gasteiger partial charge in [-0.05, 0) is 31.9 Å². The summed E-state index contributed by atoms with van der Waals surface area (Å²) in [7, 11) is 0. The number of likely N-dealkylation sites (tertiary alicyclic amines) is 1. The second kappa shape index (κ2) is 5.58. The van der Waals surface area contributed by atoms with Crippen LogP contribution >= 0.6 is 0 Å². The van der Waals surface area contributed by atoms with Crippen LogP contribution in [-0.2, 0) is 11.3 Å². The molecule has 1 aliphatic rings. The molecule has 1 amide bonds. The SMILES string of the molecule is CC1(C(=O)O)CCCN(C(=O)c2ccnc(CN)c2)C1. The Morgan fingerprint density at radius 3 is 2.95 bits per heavy atom. The van der Waals surface area contributed by atoms with E-state index in [4.69, 9.17) is 5.73 Å². The number of piperidine rings is 1. The van der Waals surface area contributed by atoms with Gasteiger partial charge in [-0.2, -0.15) is 0 Å². The minimum atomic E-state index is -0.863. The van der Waals surface area contributed by atoms with Crippen molar-refractivity contribution < 1.29 is 14.7 Å². The summed E-state index contributed by atoms with van der Waals surface area (Å²) in [5.41, 5.74) is 5.81. The van der Waals surface area contributed by atoms with E-state index in [0.29, 0.717) is 30.6 Å². The summed E-state index contributed by atoms with van der Waals surface area (Å²) >= 11 is 0. The van der Waals surface area contributed by atoms with Gasteiger partial charge in [0.1, 0.15) is 0 Å². The molecule has 0 aliphatic carbocycles. The second-order valence-corrected chi connectivity index (χ2v) is 5.44. The number of nitrogens with zero attached hydrogens (tertiary/aromatic N) is 2. The van der Waals surface area contributed by atoms with Crippen molar-refractivity contribution in [3.63, 3.8) is 0 Å². The number of carboxylic acids is 1. The molecule has 1 fully saturated rings. The van der Waals surface area contributed by atoms with Crippen molar-refractivity contribution >= 4 is 11.9 Å². The lowest BCUT2D eigenvalue weighted by Crippen LogP contribution is -2.48. The predicted octanol–water partition coefficient (Wildman–Crippen LogP) is 0.867. The number of aliphatic carboxylic acids is 1. The molecule has 2 rings (SSSR count). The van der Waals surface area contributed by atoms with Crippen molar-refractivity contribution in [3.8, 4) is 0 Å². The Bertz CT molecular complexity index is 532. The van der Waals surface area contributed by atoms with Crippen LogP contribution in [0.1, 0.15) is 35.8 Å². The normalized spacial score (nSPS) is 22.6. The third kappa shape index (κ3) is 2.80. The predicted molar refractivity (Wildman–Crippen MR) is 73.0 cm³/mol. The summed E-state index contributed by atoms with van der Waals surface area (Å²) in [4.78, 5) is 29.4. The molecule has 0 saturated carbocycles. The number of aromatic nitrogens is 1. The maximum absolute atomic E-state index is 12.4. The van der Waals surface area contributed by atoms with E-state index in [2.05, 4.69) is 4.98 Å². The Morgan fingerprint density at radius 2 is 2.30 bits per heavy atom. The molecule has 0 bridgehead atoms. The number of carbonyl (C=O) groups is 2. The zero-order chi connectivity index (χ0) is 14.8. The highest BCUT2D eigenvalue weighted by molar-refractivity contribution is 5.94. The fraction of sp³-hybridized carbons (Fsp3) is 0.500. The van der Waals surface area contributed by atoms with Crippen LogP contribution in [0.5, 0.6) is 0 Å². The zero-order valence-electron chi connectivity index (χ0n) is 11.5. The smallest absolute Gasteiger partial charge is 0.311 e. The van der Waals surface area contributed by atoms with E-state index < -0.39 is 11.4 Å². The summed E-state index contributed by atoms with van der Waals surface area (Å²) in [6.45, 7) is 2.78. The first kappa shape index (κ1) is 14.5. The zero-order valence-corrected chi connectivity index (χ0v) is 11.5. The summed E-state index contributed by atoms with van der Waals surface area (Å²) in [6.07, 6.45) is 2.84. The average molecular weight is 277 g/mol. The Balaban J connectivity index is 2.18. The number of amides is 1. The number of pyridine rings is 1. The monoisotopic (exact) mass is 277 g/mol. The molecule has 0 spiro atoms. The van der Waals surface area contributed by atoms with E-state index in [-0.39, 0.29) is 19.0 Å². The molecule has 1 saturated heterocycles. The topological polar surface area (TPSA) is 96.5 Å². The quantitative estimate of drug-likeness (QED) is 0.854. The molecule has 1 aromatic rings. The molecule has 6 heteroatoms. The molecule has 20 heavy (non-hydrogen) atoms. The number of hydrogen-bond acceptors (Lipinski definition) is 4. The molecule has 1 aromatic heterocycles. The van der Waals surface area contributed by atoms with E-state index in [1.54, 1.807) is 30.2 Å². The van der Waals surface area contributed by atoms with Crippen molar-refractivity contribution in [1.82, 2.24) is 9.88 Å². The summed E-state index contributed by atoms with van der Waals surface area (Å²) in [5, 5.41) is 9.29. The van der Waals surface area contributed by atoms with Crippen LogP contribution in [0.4, 0.5) is 0 Å². The van der Waals surface area contributed by atoms with Gasteiger partial charge in [0.15, 0.2) is 0 Å². The minimum absolute atomic E-state index is 0.158. The van der Waals surface area contributed by atoms with Crippen molar-refractivity contribution in [2.45, 2.75) is 26.3 Å². The molecule has 108 valence electrons. The third-order valence-corrected chi connectivity index (χ3v) is 3.77. The van der Waals surface area contributed by atoms with E-state index in [1.165, 1.54) is 0 Å². The summed E-state index contributed by atoms with van der Waals surface area (Å²) in [6, 6.07) is 3.29. The lowest BCUT2D eigenvalue weighted by atomic mass is 9.82. The van der Waals surface area contributed by atoms with Crippen LogP contribution in [0, 0.1) is 5.41 Å². The molecule has 1 atom stereocenters.